The fourth-order valence-corrected chi connectivity index (χ4v) is 9.42. The van der Waals surface area contributed by atoms with Crippen LogP contribution in [-0.4, -0.2) is 15.0 Å². The van der Waals surface area contributed by atoms with E-state index in [-0.39, 0.29) is 10.8 Å². The maximum Gasteiger partial charge on any atom is 0.164 e. The molecule has 6 aromatic carbocycles. The minimum absolute atomic E-state index is 0.00519. The van der Waals surface area contributed by atoms with Crippen LogP contribution in [0.25, 0.3) is 61.7 Å². The van der Waals surface area contributed by atoms with Gasteiger partial charge >= 0.3 is 0 Å². The minimum Gasteiger partial charge on any atom is -0.208 e. The average molecular weight is 738 g/mol. The summed E-state index contributed by atoms with van der Waals surface area (Å²) in [7, 11) is 0. The third-order valence-corrected chi connectivity index (χ3v) is 12.3. The predicted molar refractivity (Wildman–Crippen MR) is 236 cm³/mol. The van der Waals surface area contributed by atoms with Crippen molar-refractivity contribution in [2.45, 2.75) is 70.6 Å². The van der Waals surface area contributed by atoms with Gasteiger partial charge in [0.25, 0.3) is 0 Å². The summed E-state index contributed by atoms with van der Waals surface area (Å²) in [6.45, 7) is 13.9. The number of hydrogen-bond donors (Lipinski definition) is 0. The van der Waals surface area contributed by atoms with Gasteiger partial charge in [0.15, 0.2) is 17.5 Å². The maximum atomic E-state index is 5.23. The Labute approximate surface area is 337 Å². The van der Waals surface area contributed by atoms with Crippen LogP contribution in [0.15, 0.2) is 152 Å². The molecule has 0 radical (unpaired) electrons. The fraction of sp³-hybridized carbons (Fsp3) is 0.204. The zero-order valence-corrected chi connectivity index (χ0v) is 33.7. The van der Waals surface area contributed by atoms with Crippen molar-refractivity contribution in [3.8, 4) is 56.2 Å². The monoisotopic (exact) mass is 737 g/mol. The van der Waals surface area contributed by atoms with Crippen LogP contribution < -0.4 is 0 Å². The van der Waals surface area contributed by atoms with Gasteiger partial charge in [-0.15, -0.1) is 0 Å². The number of rotatable bonds is 4. The van der Waals surface area contributed by atoms with Crippen LogP contribution in [0, 0.1) is 0 Å². The number of hydrogen-bond acceptors (Lipinski definition) is 3. The maximum absolute atomic E-state index is 5.23. The lowest BCUT2D eigenvalue weighted by Gasteiger charge is -2.33. The molecule has 3 aliphatic carbocycles. The van der Waals surface area contributed by atoms with Crippen LogP contribution in [0.5, 0.6) is 0 Å². The van der Waals surface area contributed by atoms with Crippen LogP contribution in [0.4, 0.5) is 0 Å². The van der Waals surface area contributed by atoms with Crippen LogP contribution >= 0.6 is 0 Å². The third-order valence-electron chi connectivity index (χ3n) is 12.3. The molecular weight excluding hydrogens is 691 g/mol. The smallest absolute Gasteiger partial charge is 0.164 e. The second kappa shape index (κ2) is 12.9. The molecule has 0 atom stereocenters. The highest BCUT2D eigenvalue weighted by atomic mass is 15.0. The van der Waals surface area contributed by atoms with Crippen molar-refractivity contribution in [3.63, 3.8) is 0 Å². The van der Waals surface area contributed by atoms with Crippen molar-refractivity contribution in [1.29, 1.82) is 0 Å². The first-order chi connectivity index (χ1) is 27.5. The second-order valence-corrected chi connectivity index (χ2v) is 17.9. The van der Waals surface area contributed by atoms with Crippen molar-refractivity contribution in [2.75, 3.05) is 0 Å². The van der Waals surface area contributed by atoms with Gasteiger partial charge in [-0.25, -0.2) is 15.0 Å². The summed E-state index contributed by atoms with van der Waals surface area (Å²) in [6.07, 6.45) is 8.61. The van der Waals surface area contributed by atoms with E-state index in [0.717, 1.165) is 35.1 Å². The SMILES string of the molecule is CC(C)(C)c1ccc2c(c1)C1(c3cc(C(C)(C)C)ccc3-2)c2ccccc2-c2c(-c3ccccc3-c3nc(C4=CCCC=C4)nc(-c4ccccc4)n3)cccc21. The molecule has 0 bridgehead atoms. The summed E-state index contributed by atoms with van der Waals surface area (Å²) in [5, 5.41) is 0. The van der Waals surface area contributed by atoms with E-state index in [1.54, 1.807) is 0 Å². The van der Waals surface area contributed by atoms with Gasteiger partial charge in [-0.1, -0.05) is 193 Å². The summed E-state index contributed by atoms with van der Waals surface area (Å²) < 4.78 is 0. The molecule has 0 amide bonds. The lowest BCUT2D eigenvalue weighted by atomic mass is 9.68. The summed E-state index contributed by atoms with van der Waals surface area (Å²) in [6, 6.07) is 49.6. The van der Waals surface area contributed by atoms with Crippen molar-refractivity contribution < 1.29 is 0 Å². The van der Waals surface area contributed by atoms with E-state index < -0.39 is 5.41 Å². The topological polar surface area (TPSA) is 38.7 Å². The molecule has 0 saturated heterocycles. The van der Waals surface area contributed by atoms with Gasteiger partial charge in [0.1, 0.15) is 0 Å². The molecule has 3 aliphatic rings. The van der Waals surface area contributed by atoms with E-state index in [9.17, 15) is 0 Å². The van der Waals surface area contributed by atoms with E-state index >= 15 is 0 Å². The number of nitrogens with zero attached hydrogens (tertiary/aromatic N) is 3. The van der Waals surface area contributed by atoms with Crippen LogP contribution in [-0.2, 0) is 16.2 Å². The van der Waals surface area contributed by atoms with Crippen molar-refractivity contribution in [1.82, 2.24) is 15.0 Å². The fourth-order valence-electron chi connectivity index (χ4n) is 9.42. The molecule has 3 heteroatoms. The second-order valence-electron chi connectivity index (χ2n) is 17.9. The van der Waals surface area contributed by atoms with E-state index in [1.165, 1.54) is 61.2 Å². The molecule has 1 spiro atoms. The lowest BCUT2D eigenvalue weighted by Crippen LogP contribution is -2.27. The van der Waals surface area contributed by atoms with Gasteiger partial charge in [0.05, 0.1) is 5.41 Å². The first-order valence-electron chi connectivity index (χ1n) is 20.4. The minimum atomic E-state index is -0.481. The van der Waals surface area contributed by atoms with Gasteiger partial charge < -0.3 is 0 Å². The Hall–Kier alpha value is -6.19. The van der Waals surface area contributed by atoms with Crippen LogP contribution in [0.2, 0.25) is 0 Å². The van der Waals surface area contributed by atoms with Gasteiger partial charge in [-0.2, -0.15) is 0 Å². The quantitative estimate of drug-likeness (QED) is 0.180. The molecular formula is C54H47N3. The Bertz CT molecular complexity index is 2740. The van der Waals surface area contributed by atoms with E-state index in [4.69, 9.17) is 15.0 Å². The molecule has 1 aromatic heterocycles. The molecule has 0 fully saturated rings. The summed E-state index contributed by atoms with van der Waals surface area (Å²) in [5.74, 6) is 2.06. The first-order valence-corrected chi connectivity index (χ1v) is 20.4. The average Bonchev–Trinajstić information content (AvgIpc) is 3.70. The van der Waals surface area contributed by atoms with Gasteiger partial charge in [0.2, 0.25) is 0 Å². The predicted octanol–water partition coefficient (Wildman–Crippen LogP) is 13.5. The molecule has 3 nitrogen and oxygen atoms in total. The molecule has 278 valence electrons. The van der Waals surface area contributed by atoms with Crippen molar-refractivity contribution in [3.05, 3.63) is 191 Å². The highest BCUT2D eigenvalue weighted by Crippen LogP contribution is 2.65. The summed E-state index contributed by atoms with van der Waals surface area (Å²) in [5.41, 5.74) is 18.1. The molecule has 0 saturated carbocycles. The normalized spacial score (nSPS) is 14.9. The molecule has 1 heterocycles. The molecule has 0 unspecified atom stereocenters. The summed E-state index contributed by atoms with van der Waals surface area (Å²) >= 11 is 0. The van der Waals surface area contributed by atoms with Crippen LogP contribution in [0.3, 0.4) is 0 Å². The molecule has 0 aliphatic heterocycles. The van der Waals surface area contributed by atoms with Gasteiger partial charge in [-0.3, -0.25) is 0 Å². The van der Waals surface area contributed by atoms with Gasteiger partial charge in [-0.05, 0) is 90.4 Å². The summed E-state index contributed by atoms with van der Waals surface area (Å²) in [4.78, 5) is 15.5. The Morgan fingerprint density at radius 2 is 1.00 bits per heavy atom. The Morgan fingerprint density at radius 3 is 1.65 bits per heavy atom. The lowest BCUT2D eigenvalue weighted by molar-refractivity contribution is 0.586. The zero-order chi connectivity index (χ0) is 39.1. The number of benzene rings is 6. The van der Waals surface area contributed by atoms with E-state index in [1.807, 2.05) is 18.2 Å². The molecule has 0 N–H and O–H groups in total. The highest BCUT2D eigenvalue weighted by Gasteiger charge is 2.52. The largest absolute Gasteiger partial charge is 0.208 e. The Morgan fingerprint density at radius 1 is 0.439 bits per heavy atom. The standard InChI is InChI=1S/C54H47N3/c1-52(2,3)36-28-30-39-40-31-29-37(53(4,5)6)33-47(40)54(46(39)32-36)44-26-16-15-24-43(44)48-41(25-17-27-45(48)54)38-22-13-14-23-42(38)51-56-49(34-18-9-7-10-19-34)55-50(57-51)35-20-11-8-12-21-35/h7,9-11,13-33H,8,12H2,1-6H3. The van der Waals surface area contributed by atoms with Crippen LogP contribution in [0.1, 0.15) is 93.6 Å². The molecule has 57 heavy (non-hydrogen) atoms. The van der Waals surface area contributed by atoms with E-state index in [2.05, 4.69) is 175 Å². The molecule has 7 aromatic rings. The van der Waals surface area contributed by atoms with Gasteiger partial charge in [0, 0.05) is 16.7 Å². The first kappa shape index (κ1) is 35.2. The van der Waals surface area contributed by atoms with Crippen molar-refractivity contribution in [2.24, 2.45) is 0 Å². The van der Waals surface area contributed by atoms with E-state index in [0.29, 0.717) is 17.5 Å². The number of aromatic nitrogens is 3. The highest BCUT2D eigenvalue weighted by molar-refractivity contribution is 6.01. The zero-order valence-electron chi connectivity index (χ0n) is 33.7. The van der Waals surface area contributed by atoms with Crippen molar-refractivity contribution >= 4 is 5.57 Å². The molecule has 10 rings (SSSR count). The Balaban J connectivity index is 1.26. The number of fused-ring (bicyclic) bond motifs is 10. The number of allylic oxidation sites excluding steroid dienone is 4. The Kier molecular flexibility index (Phi) is 7.99. The third kappa shape index (κ3) is 5.51.